The molecule has 0 spiro atoms. The first-order chi connectivity index (χ1) is 7.58. The smallest absolute Gasteiger partial charge is 0.120 e. The van der Waals surface area contributed by atoms with Crippen LogP contribution in [0.25, 0.3) is 0 Å². The van der Waals surface area contributed by atoms with Gasteiger partial charge in [-0.1, -0.05) is 51.1 Å². The van der Waals surface area contributed by atoms with Crippen LogP contribution in [0, 0.1) is 5.92 Å². The molecule has 16 heavy (non-hydrogen) atoms. The van der Waals surface area contributed by atoms with Gasteiger partial charge in [0.2, 0.25) is 0 Å². The van der Waals surface area contributed by atoms with E-state index in [0.717, 1.165) is 19.1 Å². The fourth-order valence-corrected chi connectivity index (χ4v) is 2.48. The fourth-order valence-electron chi connectivity index (χ4n) is 2.48. The van der Waals surface area contributed by atoms with Crippen molar-refractivity contribution in [3.8, 4) is 0 Å². The van der Waals surface area contributed by atoms with E-state index in [1.807, 2.05) is 6.07 Å². The minimum absolute atomic E-state index is 0.135. The van der Waals surface area contributed by atoms with Gasteiger partial charge in [-0.05, 0) is 29.7 Å². The van der Waals surface area contributed by atoms with Crippen LogP contribution in [0.1, 0.15) is 45.6 Å². The number of aldehydes is 1. The van der Waals surface area contributed by atoms with Crippen molar-refractivity contribution < 1.29 is 4.79 Å². The number of carbonyl (C=O) groups excluding carboxylic acids is 1. The molecule has 0 amide bonds. The Kier molecular flexibility index (Phi) is 4.72. The zero-order valence-corrected chi connectivity index (χ0v) is 10.6. The summed E-state index contributed by atoms with van der Waals surface area (Å²) >= 11 is 0. The summed E-state index contributed by atoms with van der Waals surface area (Å²) in [6.45, 7) is 6.75. The second-order valence-electron chi connectivity index (χ2n) is 5.23. The van der Waals surface area contributed by atoms with Crippen LogP contribution in [0.3, 0.4) is 0 Å². The second kappa shape index (κ2) is 5.83. The predicted molar refractivity (Wildman–Crippen MR) is 68.5 cm³/mol. The third-order valence-corrected chi connectivity index (χ3v) is 3.14. The van der Waals surface area contributed by atoms with Gasteiger partial charge < -0.3 is 4.79 Å². The standard InChI is InChI=1S/C15H22O/c1-13(2)12-15(3,10-7-11-16)14-8-5-4-6-9-14/h4-6,8-9,11,13H,7,10,12H2,1-3H3. The van der Waals surface area contributed by atoms with Crippen molar-refractivity contribution in [1.82, 2.24) is 0 Å². The molecular weight excluding hydrogens is 196 g/mol. The predicted octanol–water partition coefficient (Wildman–Crippen LogP) is 3.97. The summed E-state index contributed by atoms with van der Waals surface area (Å²) in [6, 6.07) is 10.5. The van der Waals surface area contributed by atoms with Crippen molar-refractivity contribution in [1.29, 1.82) is 0 Å². The van der Waals surface area contributed by atoms with Crippen LogP contribution in [0.15, 0.2) is 30.3 Å². The summed E-state index contributed by atoms with van der Waals surface area (Å²) < 4.78 is 0. The van der Waals surface area contributed by atoms with Crippen molar-refractivity contribution in [2.75, 3.05) is 0 Å². The monoisotopic (exact) mass is 218 g/mol. The molecule has 1 aromatic rings. The average molecular weight is 218 g/mol. The molecular formula is C15H22O. The number of rotatable bonds is 6. The van der Waals surface area contributed by atoms with E-state index in [4.69, 9.17) is 0 Å². The van der Waals surface area contributed by atoms with Gasteiger partial charge in [-0.2, -0.15) is 0 Å². The van der Waals surface area contributed by atoms with Crippen molar-refractivity contribution in [2.45, 2.75) is 45.4 Å². The Bertz CT molecular complexity index is 315. The number of hydrogen-bond acceptors (Lipinski definition) is 1. The molecule has 1 atom stereocenters. The molecule has 0 heterocycles. The lowest BCUT2D eigenvalue weighted by molar-refractivity contribution is -0.108. The van der Waals surface area contributed by atoms with Gasteiger partial charge in [0.1, 0.15) is 6.29 Å². The minimum Gasteiger partial charge on any atom is -0.303 e. The first-order valence-electron chi connectivity index (χ1n) is 6.07. The minimum atomic E-state index is 0.135. The highest BCUT2D eigenvalue weighted by Crippen LogP contribution is 2.34. The molecule has 1 unspecified atom stereocenters. The Morgan fingerprint density at radius 2 is 1.88 bits per heavy atom. The molecule has 0 aliphatic rings. The zero-order chi connectivity index (χ0) is 12.0. The summed E-state index contributed by atoms with van der Waals surface area (Å²) in [5.74, 6) is 0.650. The van der Waals surface area contributed by atoms with Crippen LogP contribution in [0.2, 0.25) is 0 Å². The van der Waals surface area contributed by atoms with E-state index in [1.165, 1.54) is 5.56 Å². The molecule has 0 aliphatic carbocycles. The summed E-state index contributed by atoms with van der Waals surface area (Å²) in [6.07, 6.45) is 3.75. The van der Waals surface area contributed by atoms with E-state index < -0.39 is 0 Å². The third-order valence-electron chi connectivity index (χ3n) is 3.14. The molecule has 1 heteroatoms. The van der Waals surface area contributed by atoms with Crippen LogP contribution in [0.5, 0.6) is 0 Å². The lowest BCUT2D eigenvalue weighted by Crippen LogP contribution is -2.24. The molecule has 0 radical (unpaired) electrons. The van der Waals surface area contributed by atoms with Gasteiger partial charge in [0.25, 0.3) is 0 Å². The first-order valence-corrected chi connectivity index (χ1v) is 6.07. The Morgan fingerprint density at radius 1 is 1.25 bits per heavy atom. The third kappa shape index (κ3) is 3.48. The topological polar surface area (TPSA) is 17.1 Å². The van der Waals surface area contributed by atoms with Crippen LogP contribution in [0.4, 0.5) is 0 Å². The van der Waals surface area contributed by atoms with Crippen molar-refractivity contribution in [3.63, 3.8) is 0 Å². The molecule has 1 nitrogen and oxygen atoms in total. The maximum atomic E-state index is 10.6. The van der Waals surface area contributed by atoms with Crippen LogP contribution in [-0.2, 0) is 10.2 Å². The van der Waals surface area contributed by atoms with E-state index in [1.54, 1.807) is 0 Å². The molecule has 0 saturated carbocycles. The molecule has 0 bridgehead atoms. The van der Waals surface area contributed by atoms with Gasteiger partial charge in [0.05, 0.1) is 0 Å². The molecule has 1 aromatic carbocycles. The van der Waals surface area contributed by atoms with Crippen LogP contribution < -0.4 is 0 Å². The van der Waals surface area contributed by atoms with E-state index in [0.29, 0.717) is 12.3 Å². The van der Waals surface area contributed by atoms with Crippen LogP contribution in [-0.4, -0.2) is 6.29 Å². The van der Waals surface area contributed by atoms with Gasteiger partial charge in [-0.3, -0.25) is 0 Å². The summed E-state index contributed by atoms with van der Waals surface area (Å²) in [4.78, 5) is 10.6. The average Bonchev–Trinajstić information content (AvgIpc) is 2.27. The summed E-state index contributed by atoms with van der Waals surface area (Å²) in [7, 11) is 0. The molecule has 88 valence electrons. The van der Waals surface area contributed by atoms with Gasteiger partial charge >= 0.3 is 0 Å². The number of carbonyl (C=O) groups is 1. The number of benzene rings is 1. The summed E-state index contributed by atoms with van der Waals surface area (Å²) in [5.41, 5.74) is 1.49. The molecule has 0 aliphatic heterocycles. The van der Waals surface area contributed by atoms with Crippen molar-refractivity contribution in [3.05, 3.63) is 35.9 Å². The maximum absolute atomic E-state index is 10.6. The van der Waals surface area contributed by atoms with Crippen LogP contribution >= 0.6 is 0 Å². The normalized spacial score (nSPS) is 14.8. The fraction of sp³-hybridized carbons (Fsp3) is 0.533. The van der Waals surface area contributed by atoms with Crippen molar-refractivity contribution >= 4 is 6.29 Å². The zero-order valence-electron chi connectivity index (χ0n) is 10.6. The van der Waals surface area contributed by atoms with E-state index in [9.17, 15) is 4.79 Å². The van der Waals surface area contributed by atoms with Gasteiger partial charge in [0, 0.05) is 6.42 Å². The lowest BCUT2D eigenvalue weighted by atomic mass is 9.73. The highest BCUT2D eigenvalue weighted by Gasteiger charge is 2.26. The lowest BCUT2D eigenvalue weighted by Gasteiger charge is -2.31. The Balaban J connectivity index is 2.89. The quantitative estimate of drug-likeness (QED) is 0.660. The summed E-state index contributed by atoms with van der Waals surface area (Å²) in [5, 5.41) is 0. The van der Waals surface area contributed by atoms with Gasteiger partial charge in [-0.15, -0.1) is 0 Å². The van der Waals surface area contributed by atoms with E-state index in [-0.39, 0.29) is 5.41 Å². The molecule has 0 saturated heterocycles. The van der Waals surface area contributed by atoms with E-state index >= 15 is 0 Å². The Labute approximate surface area is 98.9 Å². The van der Waals surface area contributed by atoms with Crippen molar-refractivity contribution in [2.24, 2.45) is 5.92 Å². The molecule has 1 rings (SSSR count). The Hall–Kier alpha value is -1.11. The number of hydrogen-bond donors (Lipinski definition) is 0. The van der Waals surface area contributed by atoms with Gasteiger partial charge in [-0.25, -0.2) is 0 Å². The molecule has 0 aromatic heterocycles. The molecule has 0 fully saturated rings. The Morgan fingerprint density at radius 3 is 2.38 bits per heavy atom. The first kappa shape index (κ1) is 13.0. The highest BCUT2D eigenvalue weighted by atomic mass is 16.1. The maximum Gasteiger partial charge on any atom is 0.120 e. The second-order valence-corrected chi connectivity index (χ2v) is 5.23. The van der Waals surface area contributed by atoms with E-state index in [2.05, 4.69) is 45.0 Å². The largest absolute Gasteiger partial charge is 0.303 e. The van der Waals surface area contributed by atoms with Gasteiger partial charge in [0.15, 0.2) is 0 Å². The SMILES string of the molecule is CC(C)CC(C)(CCC=O)c1ccccc1. The highest BCUT2D eigenvalue weighted by molar-refractivity contribution is 5.49. The molecule has 0 N–H and O–H groups in total.